The average Bonchev–Trinajstić information content (AvgIpc) is 2.99. The first-order valence-corrected chi connectivity index (χ1v) is 13.6. The standard InChI is InChI=1S/C27H26Cl3N5OS/c1-33-23-8-7-18(28)16-22(23)24(17-5-3-2-4-6-17)31-25(26(33)36)32-27(37)35-11-9-34(10-12-35)21-14-19(29)13-20(30)15-21/h2-8,13-14,16,21,25H,9-12,15H2,1H3,(H,32,37). The molecule has 1 saturated heterocycles. The molecule has 2 heterocycles. The third-order valence-corrected chi connectivity index (χ3v) is 7.94. The molecule has 0 aromatic heterocycles. The first-order chi connectivity index (χ1) is 17.8. The van der Waals surface area contributed by atoms with Crippen molar-refractivity contribution in [3.63, 3.8) is 0 Å². The lowest BCUT2D eigenvalue weighted by atomic mass is 10.0. The molecule has 0 radical (unpaired) electrons. The fourth-order valence-electron chi connectivity index (χ4n) is 4.87. The van der Waals surface area contributed by atoms with Crippen LogP contribution >= 0.6 is 47.0 Å². The van der Waals surface area contributed by atoms with Gasteiger partial charge < -0.3 is 15.1 Å². The van der Waals surface area contributed by atoms with Gasteiger partial charge >= 0.3 is 0 Å². The van der Waals surface area contributed by atoms with Crippen molar-refractivity contribution in [3.05, 3.63) is 86.9 Å². The molecule has 37 heavy (non-hydrogen) atoms. The second kappa shape index (κ2) is 11.1. The molecule has 0 saturated carbocycles. The van der Waals surface area contributed by atoms with Crippen LogP contribution in [0, 0.1) is 0 Å². The van der Waals surface area contributed by atoms with Gasteiger partial charge in [0.15, 0.2) is 5.11 Å². The van der Waals surface area contributed by atoms with Gasteiger partial charge in [-0.1, -0.05) is 65.1 Å². The normalized spacial score (nSPS) is 22.5. The molecule has 10 heteroatoms. The molecule has 1 aliphatic carbocycles. The van der Waals surface area contributed by atoms with Crippen molar-refractivity contribution < 1.29 is 4.79 Å². The summed E-state index contributed by atoms with van der Waals surface area (Å²) in [4.78, 5) is 24.4. The van der Waals surface area contributed by atoms with Crippen LogP contribution in [0.25, 0.3) is 0 Å². The van der Waals surface area contributed by atoms with E-state index in [1.807, 2.05) is 48.5 Å². The monoisotopic (exact) mass is 573 g/mol. The van der Waals surface area contributed by atoms with Crippen LogP contribution in [0.15, 0.2) is 75.7 Å². The third-order valence-electron chi connectivity index (χ3n) is 6.83. The Kier molecular flexibility index (Phi) is 7.88. The number of piperazine rings is 1. The lowest BCUT2D eigenvalue weighted by molar-refractivity contribution is -0.119. The SMILES string of the molecule is CN1C(=O)C(NC(=S)N2CCN(C3C=C(Cl)C=C(Cl)C3)CC2)N=C(c2ccccc2)c2cc(Cl)ccc21. The summed E-state index contributed by atoms with van der Waals surface area (Å²) < 4.78 is 0. The molecule has 2 aromatic carbocycles. The minimum Gasteiger partial charge on any atom is -0.347 e. The van der Waals surface area contributed by atoms with Gasteiger partial charge in [-0.2, -0.15) is 0 Å². The zero-order chi connectivity index (χ0) is 26.1. The Morgan fingerprint density at radius 1 is 1.05 bits per heavy atom. The van der Waals surface area contributed by atoms with Crippen molar-refractivity contribution in [2.45, 2.75) is 18.6 Å². The number of benzodiazepines with no additional fused rings is 1. The first-order valence-electron chi connectivity index (χ1n) is 12.0. The van der Waals surface area contributed by atoms with Gasteiger partial charge in [0.2, 0.25) is 6.17 Å². The minimum atomic E-state index is -0.874. The number of rotatable bonds is 3. The Morgan fingerprint density at radius 3 is 2.49 bits per heavy atom. The number of hydrogen-bond acceptors (Lipinski definition) is 4. The minimum absolute atomic E-state index is 0.175. The number of anilines is 1. The quantitative estimate of drug-likeness (QED) is 0.524. The zero-order valence-corrected chi connectivity index (χ0v) is 23.3. The van der Waals surface area contributed by atoms with Crippen LogP contribution in [0.4, 0.5) is 5.69 Å². The number of nitrogens with one attached hydrogen (secondary N) is 1. The number of thiocarbonyl (C=S) groups is 1. The van der Waals surface area contributed by atoms with Crippen molar-refractivity contribution >= 4 is 69.4 Å². The van der Waals surface area contributed by atoms with E-state index in [2.05, 4.69) is 15.1 Å². The summed E-state index contributed by atoms with van der Waals surface area (Å²) in [5, 5.41) is 5.75. The van der Waals surface area contributed by atoms with Gasteiger partial charge in [0, 0.05) is 71.9 Å². The van der Waals surface area contributed by atoms with Gasteiger partial charge in [-0.3, -0.25) is 9.69 Å². The van der Waals surface area contributed by atoms with E-state index >= 15 is 0 Å². The third kappa shape index (κ3) is 5.71. The number of halogens is 3. The van der Waals surface area contributed by atoms with Gasteiger partial charge in [-0.05, 0) is 42.6 Å². The van der Waals surface area contributed by atoms with Crippen LogP contribution in [0.3, 0.4) is 0 Å². The fraction of sp³-hybridized carbons (Fsp3) is 0.296. The summed E-state index contributed by atoms with van der Waals surface area (Å²) in [6.45, 7) is 3.05. The highest BCUT2D eigenvalue weighted by atomic mass is 35.5. The molecule has 3 aliphatic rings. The molecular formula is C27H26Cl3N5OS. The number of hydrogen-bond donors (Lipinski definition) is 1. The van der Waals surface area contributed by atoms with Crippen LogP contribution in [0.5, 0.6) is 0 Å². The molecule has 5 rings (SSSR count). The number of benzene rings is 2. The Bertz CT molecular complexity index is 1300. The maximum Gasteiger partial charge on any atom is 0.272 e. The summed E-state index contributed by atoms with van der Waals surface area (Å²) in [5.74, 6) is -0.195. The molecule has 0 bridgehead atoms. The van der Waals surface area contributed by atoms with Crippen LogP contribution < -0.4 is 10.2 Å². The Balaban J connectivity index is 1.34. The summed E-state index contributed by atoms with van der Waals surface area (Å²) in [5.41, 5.74) is 3.12. The van der Waals surface area contributed by atoms with Crippen LogP contribution in [-0.2, 0) is 4.79 Å². The second-order valence-corrected chi connectivity index (χ2v) is 10.9. The number of carbonyl (C=O) groups is 1. The summed E-state index contributed by atoms with van der Waals surface area (Å²) >= 11 is 24.6. The van der Waals surface area contributed by atoms with E-state index in [0.717, 1.165) is 54.4 Å². The lowest BCUT2D eigenvalue weighted by Crippen LogP contribution is -2.56. The van der Waals surface area contributed by atoms with Crippen molar-refractivity contribution in [1.82, 2.24) is 15.1 Å². The maximum absolute atomic E-state index is 13.5. The van der Waals surface area contributed by atoms with Crippen LogP contribution in [-0.4, -0.2) is 72.0 Å². The molecule has 2 unspecified atom stereocenters. The van der Waals surface area contributed by atoms with E-state index < -0.39 is 6.17 Å². The molecule has 1 N–H and O–H groups in total. The number of allylic oxidation sites excluding steroid dienone is 2. The number of likely N-dealkylation sites (N-methyl/N-ethyl adjacent to an activating group) is 1. The number of amides is 1. The van der Waals surface area contributed by atoms with Gasteiger partial charge in [0.25, 0.3) is 5.91 Å². The van der Waals surface area contributed by atoms with Gasteiger partial charge in [-0.25, -0.2) is 4.99 Å². The summed E-state index contributed by atoms with van der Waals surface area (Å²) in [6, 6.07) is 15.4. The second-order valence-electron chi connectivity index (χ2n) is 9.19. The van der Waals surface area contributed by atoms with E-state index in [4.69, 9.17) is 52.0 Å². The molecule has 6 nitrogen and oxygen atoms in total. The van der Waals surface area contributed by atoms with E-state index in [9.17, 15) is 4.79 Å². The zero-order valence-electron chi connectivity index (χ0n) is 20.2. The highest BCUT2D eigenvalue weighted by Gasteiger charge is 2.32. The predicted octanol–water partition coefficient (Wildman–Crippen LogP) is 4.99. The number of nitrogens with zero attached hydrogens (tertiary/aromatic N) is 4. The Morgan fingerprint density at radius 2 is 1.78 bits per heavy atom. The van der Waals surface area contributed by atoms with E-state index in [0.29, 0.717) is 20.9 Å². The molecule has 1 fully saturated rings. The lowest BCUT2D eigenvalue weighted by Gasteiger charge is -2.40. The van der Waals surface area contributed by atoms with Crippen molar-refractivity contribution in [2.24, 2.45) is 4.99 Å². The molecule has 192 valence electrons. The van der Waals surface area contributed by atoms with Crippen molar-refractivity contribution in [2.75, 3.05) is 38.1 Å². The van der Waals surface area contributed by atoms with Gasteiger partial charge in [0.05, 0.1) is 11.4 Å². The molecule has 1 amide bonds. The number of aliphatic imine (C=N–C) groups is 1. The Hall–Kier alpha value is -2.42. The Labute approximate surface area is 237 Å². The van der Waals surface area contributed by atoms with Crippen LogP contribution in [0.2, 0.25) is 5.02 Å². The van der Waals surface area contributed by atoms with Crippen molar-refractivity contribution in [1.29, 1.82) is 0 Å². The molecule has 2 aromatic rings. The highest BCUT2D eigenvalue weighted by molar-refractivity contribution is 7.80. The predicted molar refractivity (Wildman–Crippen MR) is 156 cm³/mol. The molecule has 2 aliphatic heterocycles. The largest absolute Gasteiger partial charge is 0.347 e. The van der Waals surface area contributed by atoms with E-state index in [-0.39, 0.29) is 11.9 Å². The highest BCUT2D eigenvalue weighted by Crippen LogP contribution is 2.30. The topological polar surface area (TPSA) is 51.2 Å². The van der Waals surface area contributed by atoms with Gasteiger partial charge in [0.1, 0.15) is 0 Å². The fourth-order valence-corrected chi connectivity index (χ4v) is 5.94. The maximum atomic E-state index is 13.5. The summed E-state index contributed by atoms with van der Waals surface area (Å²) in [6.07, 6.45) is 3.72. The average molecular weight is 575 g/mol. The van der Waals surface area contributed by atoms with Crippen LogP contribution in [0.1, 0.15) is 17.5 Å². The first kappa shape index (κ1) is 26.2. The smallest absolute Gasteiger partial charge is 0.272 e. The summed E-state index contributed by atoms with van der Waals surface area (Å²) in [7, 11) is 1.75. The van der Waals surface area contributed by atoms with E-state index in [1.54, 1.807) is 24.1 Å². The number of carbonyl (C=O) groups excluding carboxylic acids is 1. The molecular weight excluding hydrogens is 549 g/mol. The molecule has 0 spiro atoms. The van der Waals surface area contributed by atoms with Gasteiger partial charge in [-0.15, -0.1) is 0 Å². The number of fused-ring (bicyclic) bond motifs is 1. The molecule has 2 atom stereocenters. The van der Waals surface area contributed by atoms with Crippen molar-refractivity contribution in [3.8, 4) is 0 Å². The van der Waals surface area contributed by atoms with E-state index in [1.165, 1.54) is 0 Å².